The maximum Gasteiger partial charge on any atom is 0.0125 e. The van der Waals surface area contributed by atoms with E-state index in [0.29, 0.717) is 0 Å². The highest BCUT2D eigenvalue weighted by Crippen LogP contribution is 2.30. The third-order valence-electron chi connectivity index (χ3n) is 2.24. The summed E-state index contributed by atoms with van der Waals surface area (Å²) in [6.45, 7) is 2.07. The number of aryl methyl sites for hydroxylation is 1. The maximum absolute atomic E-state index is 4.37. The summed E-state index contributed by atoms with van der Waals surface area (Å²) in [5.74, 6) is 0. The van der Waals surface area contributed by atoms with Gasteiger partial charge in [-0.1, -0.05) is 11.8 Å². The lowest BCUT2D eigenvalue weighted by Gasteiger charge is -2.04. The van der Waals surface area contributed by atoms with E-state index in [1.165, 1.54) is 15.4 Å². The van der Waals surface area contributed by atoms with Gasteiger partial charge in [-0.15, -0.1) is 25.3 Å². The van der Waals surface area contributed by atoms with E-state index in [4.69, 9.17) is 0 Å². The summed E-state index contributed by atoms with van der Waals surface area (Å²) in [6.07, 6.45) is 0. The summed E-state index contributed by atoms with van der Waals surface area (Å²) >= 11 is 10.4. The zero-order valence-corrected chi connectivity index (χ0v) is 11.4. The number of hydrogen-bond donors (Lipinski definition) is 2. The molecular formula is C13H12S3. The molecule has 2 aromatic carbocycles. The van der Waals surface area contributed by atoms with E-state index in [1.807, 2.05) is 18.2 Å². The van der Waals surface area contributed by atoms with Crippen LogP contribution >= 0.6 is 37.0 Å². The lowest BCUT2D eigenvalue weighted by Crippen LogP contribution is -1.78. The van der Waals surface area contributed by atoms with Crippen molar-refractivity contribution in [3.05, 3.63) is 48.0 Å². The Morgan fingerprint density at radius 2 is 1.50 bits per heavy atom. The van der Waals surface area contributed by atoms with Gasteiger partial charge in [-0.05, 0) is 55.0 Å². The number of thiol groups is 2. The van der Waals surface area contributed by atoms with Crippen molar-refractivity contribution in [2.45, 2.75) is 26.5 Å². The molecule has 0 heterocycles. The van der Waals surface area contributed by atoms with E-state index in [0.717, 1.165) is 9.79 Å². The average molecular weight is 264 g/mol. The molecule has 0 nitrogen and oxygen atoms in total. The van der Waals surface area contributed by atoms with Crippen LogP contribution < -0.4 is 0 Å². The Bertz CT molecular complexity index is 489. The molecule has 0 spiro atoms. The SMILES string of the molecule is Cc1cc(Sc2ccc(S)cc2)ccc1S. The molecule has 3 heteroatoms. The highest BCUT2D eigenvalue weighted by molar-refractivity contribution is 7.99. The molecule has 0 unspecified atom stereocenters. The van der Waals surface area contributed by atoms with Crippen molar-refractivity contribution in [3.8, 4) is 0 Å². The topological polar surface area (TPSA) is 0 Å². The molecule has 0 aliphatic heterocycles. The zero-order chi connectivity index (χ0) is 11.5. The van der Waals surface area contributed by atoms with Crippen LogP contribution in [0, 0.1) is 6.92 Å². The third kappa shape index (κ3) is 3.00. The van der Waals surface area contributed by atoms with E-state index in [2.05, 4.69) is 56.4 Å². The minimum Gasteiger partial charge on any atom is -0.143 e. The average Bonchev–Trinajstić information content (AvgIpc) is 2.27. The van der Waals surface area contributed by atoms with Crippen LogP contribution in [0.2, 0.25) is 0 Å². The minimum absolute atomic E-state index is 0.992. The van der Waals surface area contributed by atoms with Crippen LogP contribution in [0.25, 0.3) is 0 Å². The van der Waals surface area contributed by atoms with Gasteiger partial charge >= 0.3 is 0 Å². The van der Waals surface area contributed by atoms with Gasteiger partial charge in [-0.25, -0.2) is 0 Å². The zero-order valence-electron chi connectivity index (χ0n) is 8.84. The van der Waals surface area contributed by atoms with Crippen molar-refractivity contribution >= 4 is 37.0 Å². The smallest absolute Gasteiger partial charge is 0.0125 e. The van der Waals surface area contributed by atoms with Crippen molar-refractivity contribution in [2.75, 3.05) is 0 Å². The second-order valence-electron chi connectivity index (χ2n) is 3.54. The predicted molar refractivity (Wildman–Crippen MR) is 76.2 cm³/mol. The molecule has 2 rings (SSSR count). The summed E-state index contributed by atoms with van der Waals surface area (Å²) in [5, 5.41) is 0. The lowest BCUT2D eigenvalue weighted by atomic mass is 10.2. The number of benzene rings is 2. The van der Waals surface area contributed by atoms with Gasteiger partial charge in [0.2, 0.25) is 0 Å². The summed E-state index contributed by atoms with van der Waals surface area (Å²) in [7, 11) is 0. The van der Waals surface area contributed by atoms with E-state index < -0.39 is 0 Å². The molecule has 0 aromatic heterocycles. The van der Waals surface area contributed by atoms with Crippen LogP contribution in [0.15, 0.2) is 62.0 Å². The standard InChI is InChI=1S/C13H12S3/c1-9-8-12(6-7-13(9)15)16-11-4-2-10(14)3-5-11/h2-8,14-15H,1H3. The first kappa shape index (κ1) is 12.0. The molecule has 2 aromatic rings. The maximum atomic E-state index is 4.37. The molecule has 82 valence electrons. The summed E-state index contributed by atoms with van der Waals surface area (Å²) in [4.78, 5) is 4.49. The van der Waals surface area contributed by atoms with Gasteiger partial charge in [0.1, 0.15) is 0 Å². The van der Waals surface area contributed by atoms with Crippen LogP contribution in [0.4, 0.5) is 0 Å². The van der Waals surface area contributed by atoms with E-state index >= 15 is 0 Å². The molecule has 0 N–H and O–H groups in total. The van der Waals surface area contributed by atoms with Crippen LogP contribution in [-0.2, 0) is 0 Å². The monoisotopic (exact) mass is 264 g/mol. The van der Waals surface area contributed by atoms with E-state index in [-0.39, 0.29) is 0 Å². The van der Waals surface area contributed by atoms with Gasteiger partial charge < -0.3 is 0 Å². The van der Waals surface area contributed by atoms with Gasteiger partial charge in [-0.2, -0.15) is 0 Å². The van der Waals surface area contributed by atoms with Gasteiger partial charge in [0.15, 0.2) is 0 Å². The highest BCUT2D eigenvalue weighted by Gasteiger charge is 1.99. The first-order valence-corrected chi connectivity index (χ1v) is 6.63. The van der Waals surface area contributed by atoms with Crippen LogP contribution in [0.1, 0.15) is 5.56 Å². The van der Waals surface area contributed by atoms with Gasteiger partial charge in [0, 0.05) is 19.6 Å². The second-order valence-corrected chi connectivity index (χ2v) is 5.69. The Hall–Kier alpha value is -0.510. The Balaban J connectivity index is 2.20. The molecule has 0 saturated carbocycles. The van der Waals surface area contributed by atoms with Crippen molar-refractivity contribution in [3.63, 3.8) is 0 Å². The highest BCUT2D eigenvalue weighted by atomic mass is 32.2. The molecule has 0 bridgehead atoms. The first-order valence-electron chi connectivity index (χ1n) is 4.91. The molecule has 0 radical (unpaired) electrons. The molecule has 0 fully saturated rings. The quantitative estimate of drug-likeness (QED) is 0.740. The molecular weight excluding hydrogens is 252 g/mol. The molecule has 0 amide bonds. The molecule has 0 aliphatic rings. The predicted octanol–water partition coefficient (Wildman–Crippen LogP) is 4.72. The van der Waals surface area contributed by atoms with Crippen molar-refractivity contribution in [1.29, 1.82) is 0 Å². The summed E-state index contributed by atoms with van der Waals surface area (Å²) < 4.78 is 0. The largest absolute Gasteiger partial charge is 0.143 e. The Morgan fingerprint density at radius 1 is 0.875 bits per heavy atom. The summed E-state index contributed by atoms with van der Waals surface area (Å²) in [6, 6.07) is 14.5. The van der Waals surface area contributed by atoms with Gasteiger partial charge in [0.05, 0.1) is 0 Å². The number of rotatable bonds is 2. The fourth-order valence-electron chi connectivity index (χ4n) is 1.34. The van der Waals surface area contributed by atoms with E-state index in [1.54, 1.807) is 11.8 Å². The molecule has 0 atom stereocenters. The van der Waals surface area contributed by atoms with Crippen LogP contribution in [0.5, 0.6) is 0 Å². The fraction of sp³-hybridized carbons (Fsp3) is 0.0769. The molecule has 16 heavy (non-hydrogen) atoms. The van der Waals surface area contributed by atoms with Crippen molar-refractivity contribution in [1.82, 2.24) is 0 Å². The minimum atomic E-state index is 0.992. The second kappa shape index (κ2) is 5.21. The van der Waals surface area contributed by atoms with Crippen LogP contribution in [-0.4, -0.2) is 0 Å². The Labute approximate surface area is 111 Å². The third-order valence-corrected chi connectivity index (χ3v) is 4.04. The Morgan fingerprint density at radius 3 is 2.12 bits per heavy atom. The summed E-state index contributed by atoms with van der Waals surface area (Å²) in [5.41, 5.74) is 1.21. The fourth-order valence-corrected chi connectivity index (χ4v) is 2.55. The van der Waals surface area contributed by atoms with Crippen molar-refractivity contribution < 1.29 is 0 Å². The number of hydrogen-bond acceptors (Lipinski definition) is 3. The first-order chi connectivity index (χ1) is 7.65. The van der Waals surface area contributed by atoms with Crippen molar-refractivity contribution in [2.24, 2.45) is 0 Å². The van der Waals surface area contributed by atoms with Gasteiger partial charge in [-0.3, -0.25) is 0 Å². The normalized spacial score (nSPS) is 10.4. The lowest BCUT2D eigenvalue weighted by molar-refractivity contribution is 1.24. The van der Waals surface area contributed by atoms with Crippen LogP contribution in [0.3, 0.4) is 0 Å². The molecule has 0 saturated heterocycles. The van der Waals surface area contributed by atoms with Gasteiger partial charge in [0.25, 0.3) is 0 Å². The van der Waals surface area contributed by atoms with E-state index in [9.17, 15) is 0 Å². The molecule has 0 aliphatic carbocycles. The Kier molecular flexibility index (Phi) is 3.90.